The first kappa shape index (κ1) is 15.7. The van der Waals surface area contributed by atoms with E-state index in [0.29, 0.717) is 16.6 Å². The third-order valence-corrected chi connectivity index (χ3v) is 9.61. The second-order valence-electron chi connectivity index (χ2n) is 5.37. The Bertz CT molecular complexity index is 201. The van der Waals surface area contributed by atoms with Crippen molar-refractivity contribution in [2.45, 2.75) is 64.3 Å². The summed E-state index contributed by atoms with van der Waals surface area (Å²) in [6.07, 6.45) is 3.70. The Morgan fingerprint density at radius 1 is 0.812 bits per heavy atom. The average molecular weight is 240 g/mol. The summed E-state index contributed by atoms with van der Waals surface area (Å²) in [6.45, 7) is 21.4. The summed E-state index contributed by atoms with van der Waals surface area (Å²) in [5.41, 5.74) is 1.82. The van der Waals surface area contributed by atoms with Crippen molar-refractivity contribution in [2.75, 3.05) is 0 Å². The topological polar surface area (TPSA) is 9.23 Å². The van der Waals surface area contributed by atoms with Crippen LogP contribution in [0.1, 0.15) is 41.5 Å². The smallest absolute Gasteiger partial charge is 0.201 e. The van der Waals surface area contributed by atoms with Crippen molar-refractivity contribution in [3.8, 4) is 0 Å². The highest BCUT2D eigenvalue weighted by atomic mass is 28.4. The highest BCUT2D eigenvalue weighted by Gasteiger charge is 2.45. The molecule has 1 nitrogen and oxygen atoms in total. The maximum absolute atomic E-state index is 6.42. The van der Waals surface area contributed by atoms with E-state index in [0.717, 1.165) is 0 Å². The molecule has 0 aliphatic carbocycles. The first-order valence-electron chi connectivity index (χ1n) is 6.25. The summed E-state index contributed by atoms with van der Waals surface area (Å²) in [5.74, 6) is 0. The third-order valence-electron chi connectivity index (χ3n) is 3.51. The maximum atomic E-state index is 6.42. The van der Waals surface area contributed by atoms with Gasteiger partial charge in [-0.1, -0.05) is 53.7 Å². The van der Waals surface area contributed by atoms with Crippen molar-refractivity contribution in [1.82, 2.24) is 0 Å². The molecule has 0 bridgehead atoms. The van der Waals surface area contributed by atoms with E-state index in [1.165, 1.54) is 0 Å². The third kappa shape index (κ3) is 3.08. The monoisotopic (exact) mass is 240 g/mol. The van der Waals surface area contributed by atoms with Crippen LogP contribution in [0, 0.1) is 0 Å². The molecule has 0 aliphatic rings. The average Bonchev–Trinajstić information content (AvgIpc) is 2.18. The van der Waals surface area contributed by atoms with Gasteiger partial charge in [0.1, 0.15) is 0 Å². The van der Waals surface area contributed by atoms with E-state index in [9.17, 15) is 0 Å². The van der Waals surface area contributed by atoms with Crippen LogP contribution in [0.15, 0.2) is 25.3 Å². The standard InChI is InChI=1S/C14H28OSi/c1-9-14(10-2)15-16(11(3)4,12(5)6)13(7)8/h9-14H,1-2H2,3-8H3. The van der Waals surface area contributed by atoms with Gasteiger partial charge in [-0.15, -0.1) is 13.2 Å². The molecular weight excluding hydrogens is 212 g/mol. The molecule has 0 fully saturated rings. The molecule has 0 saturated carbocycles. The summed E-state index contributed by atoms with van der Waals surface area (Å²) in [5, 5.41) is 0. The molecule has 0 rings (SSSR count). The first-order chi connectivity index (χ1) is 7.32. The van der Waals surface area contributed by atoms with E-state index in [1.54, 1.807) is 0 Å². The lowest BCUT2D eigenvalue weighted by atomic mass is 10.4. The van der Waals surface area contributed by atoms with Gasteiger partial charge >= 0.3 is 0 Å². The van der Waals surface area contributed by atoms with Crippen molar-refractivity contribution >= 4 is 8.32 Å². The van der Waals surface area contributed by atoms with E-state index in [4.69, 9.17) is 4.43 Å². The first-order valence-corrected chi connectivity index (χ1v) is 8.39. The van der Waals surface area contributed by atoms with Gasteiger partial charge in [-0.25, -0.2) is 0 Å². The van der Waals surface area contributed by atoms with Crippen LogP contribution in [-0.4, -0.2) is 14.4 Å². The normalized spacial score (nSPS) is 12.9. The highest BCUT2D eigenvalue weighted by molar-refractivity contribution is 6.77. The Kier molecular flexibility index (Phi) is 6.27. The van der Waals surface area contributed by atoms with E-state index < -0.39 is 8.32 Å². The quantitative estimate of drug-likeness (QED) is 0.453. The Labute approximate surface area is 103 Å². The molecule has 0 spiro atoms. The summed E-state index contributed by atoms with van der Waals surface area (Å²) >= 11 is 0. The molecule has 94 valence electrons. The van der Waals surface area contributed by atoms with Gasteiger partial charge in [-0.2, -0.15) is 0 Å². The van der Waals surface area contributed by atoms with Gasteiger partial charge in [0.05, 0.1) is 6.10 Å². The molecule has 0 atom stereocenters. The molecule has 2 heteroatoms. The van der Waals surface area contributed by atoms with Crippen molar-refractivity contribution < 1.29 is 4.43 Å². The summed E-state index contributed by atoms with van der Waals surface area (Å²) < 4.78 is 6.42. The van der Waals surface area contributed by atoms with Crippen LogP contribution in [0.3, 0.4) is 0 Å². The molecule has 0 heterocycles. The second-order valence-corrected chi connectivity index (χ2v) is 10.8. The van der Waals surface area contributed by atoms with E-state index in [-0.39, 0.29) is 6.10 Å². The van der Waals surface area contributed by atoms with Gasteiger partial charge in [0.25, 0.3) is 0 Å². The SMILES string of the molecule is C=CC(C=C)O[Si](C(C)C)(C(C)C)C(C)C. The van der Waals surface area contributed by atoms with Crippen molar-refractivity contribution in [3.05, 3.63) is 25.3 Å². The largest absolute Gasteiger partial charge is 0.406 e. The van der Waals surface area contributed by atoms with Crippen LogP contribution in [0.5, 0.6) is 0 Å². The molecule has 0 aromatic heterocycles. The summed E-state index contributed by atoms with van der Waals surface area (Å²) in [6, 6.07) is 0. The summed E-state index contributed by atoms with van der Waals surface area (Å²) in [7, 11) is -1.78. The predicted octanol–water partition coefficient (Wildman–Crippen LogP) is 4.92. The Morgan fingerprint density at radius 3 is 1.31 bits per heavy atom. The predicted molar refractivity (Wildman–Crippen MR) is 76.3 cm³/mol. The van der Waals surface area contributed by atoms with E-state index >= 15 is 0 Å². The lowest BCUT2D eigenvalue weighted by Gasteiger charge is -2.43. The van der Waals surface area contributed by atoms with Gasteiger partial charge in [0, 0.05) is 0 Å². The fourth-order valence-electron chi connectivity index (χ4n) is 2.84. The Hall–Kier alpha value is -0.343. The molecule has 0 N–H and O–H groups in total. The van der Waals surface area contributed by atoms with Gasteiger partial charge in [-0.3, -0.25) is 0 Å². The lowest BCUT2D eigenvalue weighted by molar-refractivity contribution is 0.258. The fraction of sp³-hybridized carbons (Fsp3) is 0.714. The van der Waals surface area contributed by atoms with Crippen LogP contribution in [0.25, 0.3) is 0 Å². The second kappa shape index (κ2) is 6.41. The lowest BCUT2D eigenvalue weighted by Crippen LogP contribution is -2.49. The zero-order valence-electron chi connectivity index (χ0n) is 11.8. The molecular formula is C14H28OSi. The molecule has 0 aliphatic heterocycles. The fourth-order valence-corrected chi connectivity index (χ4v) is 8.32. The molecule has 16 heavy (non-hydrogen) atoms. The minimum Gasteiger partial charge on any atom is -0.406 e. The van der Waals surface area contributed by atoms with Crippen LogP contribution in [0.4, 0.5) is 0 Å². The van der Waals surface area contributed by atoms with Crippen LogP contribution in [-0.2, 0) is 4.43 Å². The molecule has 0 aromatic carbocycles. The van der Waals surface area contributed by atoms with E-state index in [1.807, 2.05) is 12.2 Å². The molecule has 0 aromatic rings. The number of hydrogen-bond donors (Lipinski definition) is 0. The minimum atomic E-state index is -1.78. The minimum absolute atomic E-state index is 0.00105. The van der Waals surface area contributed by atoms with Gasteiger partial charge in [0.2, 0.25) is 8.32 Å². The van der Waals surface area contributed by atoms with Crippen LogP contribution in [0.2, 0.25) is 16.6 Å². The van der Waals surface area contributed by atoms with Crippen LogP contribution >= 0.6 is 0 Å². The molecule has 0 saturated heterocycles. The molecule has 0 radical (unpaired) electrons. The van der Waals surface area contributed by atoms with Crippen molar-refractivity contribution in [3.63, 3.8) is 0 Å². The number of hydrogen-bond acceptors (Lipinski definition) is 1. The van der Waals surface area contributed by atoms with Crippen molar-refractivity contribution in [1.29, 1.82) is 0 Å². The Balaban J connectivity index is 5.18. The Morgan fingerprint density at radius 2 is 1.12 bits per heavy atom. The molecule has 0 amide bonds. The number of rotatable bonds is 7. The van der Waals surface area contributed by atoms with Gasteiger partial charge in [-0.05, 0) is 16.6 Å². The molecule has 0 unspecified atom stereocenters. The van der Waals surface area contributed by atoms with Gasteiger partial charge < -0.3 is 4.43 Å². The summed E-state index contributed by atoms with van der Waals surface area (Å²) in [4.78, 5) is 0. The van der Waals surface area contributed by atoms with Crippen LogP contribution < -0.4 is 0 Å². The maximum Gasteiger partial charge on any atom is 0.201 e. The van der Waals surface area contributed by atoms with Crippen molar-refractivity contribution in [2.24, 2.45) is 0 Å². The van der Waals surface area contributed by atoms with Gasteiger partial charge in [0.15, 0.2) is 0 Å². The highest BCUT2D eigenvalue weighted by Crippen LogP contribution is 2.43. The zero-order chi connectivity index (χ0) is 12.9. The van der Waals surface area contributed by atoms with E-state index in [2.05, 4.69) is 54.7 Å². The zero-order valence-corrected chi connectivity index (χ0v) is 12.8.